The zero-order valence-electron chi connectivity index (χ0n) is 31.6. The first-order valence-corrected chi connectivity index (χ1v) is 21.2. The van der Waals surface area contributed by atoms with Crippen molar-refractivity contribution in [3.63, 3.8) is 0 Å². The van der Waals surface area contributed by atoms with Gasteiger partial charge in [-0.05, 0) is 69.8 Å². The van der Waals surface area contributed by atoms with Gasteiger partial charge in [-0.2, -0.15) is 16.8 Å². The molecule has 288 valence electrons. The van der Waals surface area contributed by atoms with Crippen molar-refractivity contribution in [2.24, 2.45) is 0 Å². The van der Waals surface area contributed by atoms with Crippen molar-refractivity contribution in [1.82, 2.24) is 0 Å². The molecule has 6 aromatic carbocycles. The summed E-state index contributed by atoms with van der Waals surface area (Å²) < 4.78 is 62.4. The van der Waals surface area contributed by atoms with Gasteiger partial charge < -0.3 is 19.0 Å². The monoisotopic (exact) mass is 788 g/mol. The number of amides is 2. The summed E-state index contributed by atoms with van der Waals surface area (Å²) >= 11 is 0. The maximum atomic E-state index is 13.0. The average Bonchev–Trinajstić information content (AvgIpc) is 3.16. The SMILES string of the molecule is CC(C)(c1ccccc1)c1ccc(CS(=O)(=O)Oc2ccc(NC(=O)Nc3cccc(OS(=O)(=O)Cc4ccc(C(C)(C)c5ccccc5)cc4)c3)cc2)cc1. The molecule has 0 radical (unpaired) electrons. The van der Waals surface area contributed by atoms with Gasteiger partial charge >= 0.3 is 26.3 Å². The molecule has 0 aromatic heterocycles. The molecule has 2 amide bonds. The second kappa shape index (κ2) is 16.4. The molecule has 2 N–H and O–H groups in total. The lowest BCUT2D eigenvalue weighted by molar-refractivity contribution is 0.262. The Morgan fingerprint density at radius 2 is 0.875 bits per heavy atom. The molecule has 0 saturated heterocycles. The summed E-state index contributed by atoms with van der Waals surface area (Å²) in [5.41, 5.74) is 5.75. The van der Waals surface area contributed by atoms with Gasteiger partial charge in [0.25, 0.3) is 0 Å². The Balaban J connectivity index is 0.995. The van der Waals surface area contributed by atoms with Crippen LogP contribution in [0.25, 0.3) is 0 Å². The number of benzene rings is 6. The van der Waals surface area contributed by atoms with E-state index in [4.69, 9.17) is 8.37 Å². The second-order valence-corrected chi connectivity index (χ2v) is 17.7. The summed E-state index contributed by atoms with van der Waals surface area (Å²) in [6, 6.07) is 46.4. The minimum atomic E-state index is -4.02. The van der Waals surface area contributed by atoms with Gasteiger partial charge in [-0.3, -0.25) is 0 Å². The minimum absolute atomic E-state index is 0.0410. The largest absolute Gasteiger partial charge is 0.382 e. The summed E-state index contributed by atoms with van der Waals surface area (Å²) in [6.07, 6.45) is 0. The molecule has 0 atom stereocenters. The standard InChI is InChI=1S/C45H44N2O7S2/c1-44(2,35-12-7-5-8-13-35)37-22-18-33(19-23-37)31-55(49,50)53-41-28-26-39(27-29-41)46-43(48)47-40-16-11-17-42(30-40)54-56(51,52)32-34-20-24-38(25-21-34)45(3,4)36-14-9-6-10-15-36/h5-30H,31-32H2,1-4H3,(H2,46,47,48). The number of hydrogen-bond donors (Lipinski definition) is 2. The van der Waals surface area contributed by atoms with E-state index in [-0.39, 0.29) is 33.8 Å². The Kier molecular flexibility index (Phi) is 11.7. The molecule has 0 aliphatic heterocycles. The fourth-order valence-corrected chi connectivity index (χ4v) is 8.47. The van der Waals surface area contributed by atoms with Gasteiger partial charge in [-0.25, -0.2) is 4.79 Å². The number of anilines is 2. The molecule has 0 bridgehead atoms. The smallest absolute Gasteiger partial charge is 0.323 e. The van der Waals surface area contributed by atoms with Crippen LogP contribution in [0.3, 0.4) is 0 Å². The van der Waals surface area contributed by atoms with Crippen molar-refractivity contribution in [3.8, 4) is 11.5 Å². The number of urea groups is 1. The molecule has 9 nitrogen and oxygen atoms in total. The molecule has 0 fully saturated rings. The number of rotatable bonds is 14. The normalized spacial score (nSPS) is 12.1. The molecule has 6 rings (SSSR count). The highest BCUT2D eigenvalue weighted by Gasteiger charge is 2.25. The Morgan fingerprint density at radius 1 is 0.464 bits per heavy atom. The first-order chi connectivity index (χ1) is 26.6. The predicted octanol–water partition coefficient (Wildman–Crippen LogP) is 9.80. The highest BCUT2D eigenvalue weighted by molar-refractivity contribution is 7.86. The van der Waals surface area contributed by atoms with Crippen LogP contribution in [0, 0.1) is 0 Å². The fraction of sp³-hybridized carbons (Fsp3) is 0.178. The molecule has 0 unspecified atom stereocenters. The third-order valence-electron chi connectivity index (χ3n) is 9.68. The number of carbonyl (C=O) groups excluding carboxylic acids is 1. The van der Waals surface area contributed by atoms with Gasteiger partial charge in [0.1, 0.15) is 23.0 Å². The number of hydrogen-bond acceptors (Lipinski definition) is 7. The van der Waals surface area contributed by atoms with Crippen LogP contribution < -0.4 is 19.0 Å². The van der Waals surface area contributed by atoms with Crippen LogP contribution in [0.2, 0.25) is 0 Å². The highest BCUT2D eigenvalue weighted by Crippen LogP contribution is 2.33. The first-order valence-electron chi connectivity index (χ1n) is 18.0. The van der Waals surface area contributed by atoms with Crippen molar-refractivity contribution in [2.75, 3.05) is 10.6 Å². The maximum absolute atomic E-state index is 13.0. The van der Waals surface area contributed by atoms with Crippen molar-refractivity contribution in [3.05, 3.63) is 191 Å². The Hall–Kier alpha value is -5.91. The molecular formula is C45H44N2O7S2. The van der Waals surface area contributed by atoms with E-state index < -0.39 is 26.3 Å². The Bertz CT molecular complexity index is 2490. The van der Waals surface area contributed by atoms with Gasteiger partial charge in [-0.1, -0.05) is 143 Å². The zero-order chi connectivity index (χ0) is 40.0. The van der Waals surface area contributed by atoms with E-state index in [0.717, 1.165) is 22.3 Å². The van der Waals surface area contributed by atoms with Gasteiger partial charge in [0.05, 0.1) is 0 Å². The summed E-state index contributed by atoms with van der Waals surface area (Å²) in [5.74, 6) is -0.513. The van der Waals surface area contributed by atoms with E-state index in [1.165, 1.54) is 36.4 Å². The van der Waals surface area contributed by atoms with Crippen LogP contribution >= 0.6 is 0 Å². The van der Waals surface area contributed by atoms with E-state index in [0.29, 0.717) is 22.5 Å². The van der Waals surface area contributed by atoms with E-state index in [9.17, 15) is 21.6 Å². The Labute approximate surface area is 329 Å². The van der Waals surface area contributed by atoms with E-state index >= 15 is 0 Å². The lowest BCUT2D eigenvalue weighted by Crippen LogP contribution is -2.19. The topological polar surface area (TPSA) is 128 Å². The van der Waals surface area contributed by atoms with Gasteiger partial charge in [0.15, 0.2) is 0 Å². The van der Waals surface area contributed by atoms with Crippen LogP contribution in [-0.2, 0) is 42.6 Å². The first kappa shape index (κ1) is 39.8. The molecule has 56 heavy (non-hydrogen) atoms. The van der Waals surface area contributed by atoms with Crippen LogP contribution in [0.4, 0.5) is 16.2 Å². The molecule has 0 spiro atoms. The molecule has 6 aromatic rings. The lowest BCUT2D eigenvalue weighted by atomic mass is 9.78. The minimum Gasteiger partial charge on any atom is -0.382 e. The number of carbonyl (C=O) groups is 1. The van der Waals surface area contributed by atoms with Gasteiger partial charge in [0.2, 0.25) is 0 Å². The molecule has 0 aliphatic rings. The second-order valence-electron chi connectivity index (χ2n) is 14.6. The van der Waals surface area contributed by atoms with E-state index in [2.05, 4.69) is 62.6 Å². The van der Waals surface area contributed by atoms with Crippen LogP contribution in [0.1, 0.15) is 61.1 Å². The Morgan fingerprint density at radius 3 is 1.34 bits per heavy atom. The third-order valence-corrected chi connectivity index (χ3v) is 11.9. The van der Waals surface area contributed by atoms with Crippen molar-refractivity contribution in [1.29, 1.82) is 0 Å². The molecular weight excluding hydrogens is 745 g/mol. The quantitative estimate of drug-likeness (QED) is 0.105. The fourth-order valence-electron chi connectivity index (χ4n) is 6.35. The highest BCUT2D eigenvalue weighted by atomic mass is 32.2. The zero-order valence-corrected chi connectivity index (χ0v) is 33.2. The molecule has 0 aliphatic carbocycles. The summed E-state index contributed by atoms with van der Waals surface area (Å²) in [6.45, 7) is 8.48. The van der Waals surface area contributed by atoms with Gasteiger partial charge in [0, 0.05) is 28.3 Å². The maximum Gasteiger partial charge on any atom is 0.323 e. The van der Waals surface area contributed by atoms with Crippen LogP contribution in [0.5, 0.6) is 11.5 Å². The third kappa shape index (κ3) is 10.2. The lowest BCUT2D eigenvalue weighted by Gasteiger charge is -2.26. The predicted molar refractivity (Wildman–Crippen MR) is 222 cm³/mol. The molecule has 0 heterocycles. The van der Waals surface area contributed by atoms with Gasteiger partial charge in [-0.15, -0.1) is 0 Å². The molecule has 0 saturated carbocycles. The van der Waals surface area contributed by atoms with Crippen molar-refractivity contribution < 1.29 is 30.0 Å². The van der Waals surface area contributed by atoms with Crippen LogP contribution in [0.15, 0.2) is 158 Å². The van der Waals surface area contributed by atoms with E-state index in [1.807, 2.05) is 60.7 Å². The summed E-state index contributed by atoms with van der Waals surface area (Å²) in [5, 5.41) is 5.31. The van der Waals surface area contributed by atoms with Crippen LogP contribution in [-0.4, -0.2) is 22.9 Å². The van der Waals surface area contributed by atoms with Crippen molar-refractivity contribution in [2.45, 2.75) is 50.0 Å². The molecule has 11 heteroatoms. The van der Waals surface area contributed by atoms with Crippen molar-refractivity contribution >= 4 is 37.6 Å². The van der Waals surface area contributed by atoms with E-state index in [1.54, 1.807) is 36.4 Å². The summed E-state index contributed by atoms with van der Waals surface area (Å²) in [7, 11) is -7.99. The number of nitrogens with one attached hydrogen (secondary N) is 2. The summed E-state index contributed by atoms with van der Waals surface area (Å²) in [4.78, 5) is 12.8. The average molecular weight is 789 g/mol.